The maximum Gasteiger partial charge on any atom is 0.277 e. The fourth-order valence-corrected chi connectivity index (χ4v) is 4.45. The molecule has 8 nitrogen and oxygen atoms in total. The molecule has 0 radical (unpaired) electrons. The molecule has 1 N–H and O–H groups in total. The predicted molar refractivity (Wildman–Crippen MR) is 139 cm³/mol. The smallest absolute Gasteiger partial charge is 0.277 e. The first-order chi connectivity index (χ1) is 17.7. The quantitative estimate of drug-likeness (QED) is 0.121. The number of ether oxygens (including phenoxy) is 2. The summed E-state index contributed by atoms with van der Waals surface area (Å²) in [6.45, 7) is 0. The molecule has 0 fully saturated rings. The van der Waals surface area contributed by atoms with Gasteiger partial charge in [0, 0.05) is 22.3 Å². The molecule has 2 aromatic heterocycles. The first-order valence-corrected chi connectivity index (χ1v) is 12.0. The van der Waals surface area contributed by atoms with Gasteiger partial charge in [0.2, 0.25) is 5.89 Å². The van der Waals surface area contributed by atoms with Gasteiger partial charge in [-0.15, -0.1) is 10.2 Å². The molecule has 0 aliphatic heterocycles. The Morgan fingerprint density at radius 2 is 1.67 bits per heavy atom. The third-order valence-corrected chi connectivity index (χ3v) is 6.43. The molecule has 36 heavy (non-hydrogen) atoms. The van der Waals surface area contributed by atoms with Crippen LogP contribution in [0.5, 0.6) is 11.5 Å². The van der Waals surface area contributed by atoms with Crippen molar-refractivity contribution in [3.8, 4) is 34.2 Å². The summed E-state index contributed by atoms with van der Waals surface area (Å²) in [5, 5.41) is 22.6. The van der Waals surface area contributed by atoms with Gasteiger partial charge in [-0.3, -0.25) is 0 Å². The van der Waals surface area contributed by atoms with E-state index in [1.165, 1.54) is 11.8 Å². The maximum absolute atomic E-state index is 9.46. The third kappa shape index (κ3) is 4.87. The Hall–Kier alpha value is -4.37. The number of nitrogens with zero attached hydrogens (tertiary/aromatic N) is 4. The number of rotatable bonds is 8. The molecule has 5 aromatic rings. The average Bonchev–Trinajstić information content (AvgIpc) is 3.42. The number of methoxy groups -OCH3 is 2. The van der Waals surface area contributed by atoms with Crippen LogP contribution < -0.4 is 9.47 Å². The molecule has 0 saturated carbocycles. The van der Waals surface area contributed by atoms with E-state index in [4.69, 9.17) is 18.9 Å². The van der Waals surface area contributed by atoms with Crippen LogP contribution in [0.1, 0.15) is 5.56 Å². The molecular weight excluding hydrogens is 476 g/mol. The van der Waals surface area contributed by atoms with Crippen molar-refractivity contribution in [3.63, 3.8) is 0 Å². The van der Waals surface area contributed by atoms with Crippen molar-refractivity contribution in [3.05, 3.63) is 84.4 Å². The van der Waals surface area contributed by atoms with Crippen molar-refractivity contribution in [2.75, 3.05) is 20.0 Å². The van der Waals surface area contributed by atoms with Crippen LogP contribution in [-0.2, 0) is 0 Å². The lowest BCUT2D eigenvalue weighted by atomic mass is 10.0. The first kappa shape index (κ1) is 23.4. The third-order valence-electron chi connectivity index (χ3n) is 5.60. The lowest BCUT2D eigenvalue weighted by Gasteiger charge is -2.09. The SMILES string of the molecule is COc1ccc(-c2cc(-c3nnc(SC/C(=N/O)c4ccccc4)o3)c3cc(OC)ccc3n2)cc1. The van der Waals surface area contributed by atoms with Crippen molar-refractivity contribution < 1.29 is 19.1 Å². The number of thioether (sulfide) groups is 1. The second-order valence-corrected chi connectivity index (χ2v) is 8.67. The summed E-state index contributed by atoms with van der Waals surface area (Å²) >= 11 is 1.30. The van der Waals surface area contributed by atoms with Crippen LogP contribution in [0.3, 0.4) is 0 Å². The molecule has 0 bridgehead atoms. The number of fused-ring (bicyclic) bond motifs is 1. The van der Waals surface area contributed by atoms with Gasteiger partial charge in [0.25, 0.3) is 5.22 Å². The summed E-state index contributed by atoms with van der Waals surface area (Å²) in [5.74, 6) is 2.19. The molecule has 0 unspecified atom stereocenters. The van der Waals surface area contributed by atoms with Crippen molar-refractivity contribution in [2.24, 2.45) is 5.16 Å². The van der Waals surface area contributed by atoms with E-state index in [1.807, 2.05) is 78.9 Å². The molecule has 0 atom stereocenters. The van der Waals surface area contributed by atoms with E-state index < -0.39 is 0 Å². The molecule has 0 aliphatic rings. The molecule has 0 saturated heterocycles. The molecular formula is C27H22N4O4S. The van der Waals surface area contributed by atoms with E-state index in [0.717, 1.165) is 39.0 Å². The molecule has 2 heterocycles. The fourth-order valence-electron chi connectivity index (χ4n) is 3.73. The maximum atomic E-state index is 9.46. The second kappa shape index (κ2) is 10.5. The van der Waals surface area contributed by atoms with Crippen molar-refractivity contribution in [1.82, 2.24) is 15.2 Å². The Morgan fingerprint density at radius 3 is 2.39 bits per heavy atom. The van der Waals surface area contributed by atoms with E-state index in [2.05, 4.69) is 15.4 Å². The molecule has 9 heteroatoms. The predicted octanol–water partition coefficient (Wildman–Crippen LogP) is 5.94. The van der Waals surface area contributed by atoms with Crippen LogP contribution in [0.4, 0.5) is 0 Å². The summed E-state index contributed by atoms with van der Waals surface area (Å²) in [7, 11) is 3.25. The van der Waals surface area contributed by atoms with E-state index >= 15 is 0 Å². The Balaban J connectivity index is 1.50. The normalized spacial score (nSPS) is 11.6. The highest BCUT2D eigenvalue weighted by Crippen LogP contribution is 2.35. The topological polar surface area (TPSA) is 103 Å². The lowest BCUT2D eigenvalue weighted by molar-refractivity contribution is 0.319. The van der Waals surface area contributed by atoms with Crippen LogP contribution in [0.15, 0.2) is 93.7 Å². The molecule has 0 aliphatic carbocycles. The van der Waals surface area contributed by atoms with Gasteiger partial charge in [0.05, 0.1) is 36.7 Å². The zero-order chi connectivity index (χ0) is 24.9. The monoisotopic (exact) mass is 498 g/mol. The highest BCUT2D eigenvalue weighted by molar-refractivity contribution is 7.99. The Labute approximate surface area is 211 Å². The molecule has 5 rings (SSSR count). The molecule has 0 spiro atoms. The van der Waals surface area contributed by atoms with E-state index in [0.29, 0.717) is 28.3 Å². The number of aromatic nitrogens is 3. The fraction of sp³-hybridized carbons (Fsp3) is 0.111. The van der Waals surface area contributed by atoms with E-state index in [1.54, 1.807) is 14.2 Å². The summed E-state index contributed by atoms with van der Waals surface area (Å²) in [6, 6.07) is 24.7. The number of hydrogen-bond donors (Lipinski definition) is 1. The molecule has 3 aromatic carbocycles. The highest BCUT2D eigenvalue weighted by Gasteiger charge is 2.17. The zero-order valence-electron chi connectivity index (χ0n) is 19.6. The second-order valence-electron chi connectivity index (χ2n) is 7.74. The van der Waals surface area contributed by atoms with Gasteiger partial charge in [-0.05, 0) is 48.5 Å². The number of benzene rings is 3. The summed E-state index contributed by atoms with van der Waals surface area (Å²) in [6.07, 6.45) is 0. The van der Waals surface area contributed by atoms with Crippen molar-refractivity contribution in [2.45, 2.75) is 5.22 Å². The Morgan fingerprint density at radius 1 is 0.917 bits per heavy atom. The highest BCUT2D eigenvalue weighted by atomic mass is 32.2. The minimum absolute atomic E-state index is 0.357. The van der Waals surface area contributed by atoms with Gasteiger partial charge in [-0.1, -0.05) is 47.2 Å². The van der Waals surface area contributed by atoms with Crippen LogP contribution in [0.2, 0.25) is 0 Å². The summed E-state index contributed by atoms with van der Waals surface area (Å²) < 4.78 is 16.7. The summed E-state index contributed by atoms with van der Waals surface area (Å²) in [5.41, 5.74) is 4.53. The number of hydrogen-bond acceptors (Lipinski definition) is 9. The van der Waals surface area contributed by atoms with Crippen LogP contribution >= 0.6 is 11.8 Å². The summed E-state index contributed by atoms with van der Waals surface area (Å²) in [4.78, 5) is 4.84. The minimum Gasteiger partial charge on any atom is -0.497 e. The van der Waals surface area contributed by atoms with E-state index in [9.17, 15) is 5.21 Å². The largest absolute Gasteiger partial charge is 0.497 e. The number of oxime groups is 1. The van der Waals surface area contributed by atoms with Crippen molar-refractivity contribution in [1.29, 1.82) is 0 Å². The standard InChI is InChI=1S/C27H22N4O4S/c1-33-19-10-8-18(9-11-19)24-15-22(21-14-20(34-2)12-13-23(21)28-24)26-29-30-27(35-26)36-16-25(31-32)17-6-4-3-5-7-17/h3-15,32H,16H2,1-2H3/b31-25-. The van der Waals surface area contributed by atoms with Gasteiger partial charge in [0.1, 0.15) is 11.5 Å². The molecule has 180 valence electrons. The first-order valence-electron chi connectivity index (χ1n) is 11.0. The van der Waals surface area contributed by atoms with Gasteiger partial charge >= 0.3 is 0 Å². The minimum atomic E-state index is 0.357. The van der Waals surface area contributed by atoms with Crippen LogP contribution in [-0.4, -0.2) is 46.1 Å². The van der Waals surface area contributed by atoms with Gasteiger partial charge in [-0.2, -0.15) is 0 Å². The number of pyridine rings is 1. The van der Waals surface area contributed by atoms with Gasteiger partial charge in [-0.25, -0.2) is 4.98 Å². The van der Waals surface area contributed by atoms with Crippen LogP contribution in [0.25, 0.3) is 33.6 Å². The van der Waals surface area contributed by atoms with E-state index in [-0.39, 0.29) is 0 Å². The van der Waals surface area contributed by atoms with Gasteiger partial charge in [0.15, 0.2) is 0 Å². The Bertz CT molecular complexity index is 1520. The van der Waals surface area contributed by atoms with Crippen molar-refractivity contribution >= 4 is 28.4 Å². The Kier molecular flexibility index (Phi) is 6.81. The molecule has 0 amide bonds. The average molecular weight is 499 g/mol. The lowest BCUT2D eigenvalue weighted by Crippen LogP contribution is -2.04. The zero-order valence-corrected chi connectivity index (χ0v) is 20.4. The van der Waals surface area contributed by atoms with Crippen LogP contribution in [0, 0.1) is 0 Å². The van der Waals surface area contributed by atoms with Gasteiger partial charge < -0.3 is 19.1 Å².